The first-order valence-corrected chi connectivity index (χ1v) is 16.5. The zero-order valence-electron chi connectivity index (χ0n) is 23.1. The van der Waals surface area contributed by atoms with Crippen molar-refractivity contribution in [3.05, 3.63) is 71.2 Å². The number of carbonyl (C=O) groups is 2. The zero-order valence-corrected chi connectivity index (χ0v) is 24.7. The van der Waals surface area contributed by atoms with E-state index >= 15 is 0 Å². The molecular weight excluding hydrogens is 548 g/mol. The van der Waals surface area contributed by atoms with Gasteiger partial charge < -0.3 is 15.0 Å². The van der Waals surface area contributed by atoms with Crippen LogP contribution in [0.1, 0.15) is 79.3 Å². The third-order valence-electron chi connectivity index (χ3n) is 7.68. The molecule has 1 fully saturated rings. The van der Waals surface area contributed by atoms with Gasteiger partial charge in [-0.25, -0.2) is 27.7 Å². The predicted molar refractivity (Wildman–Crippen MR) is 157 cm³/mol. The molecule has 2 aliphatic rings. The summed E-state index contributed by atoms with van der Waals surface area (Å²) < 4.78 is 29.9. The van der Waals surface area contributed by atoms with Gasteiger partial charge in [-0.3, -0.25) is 0 Å². The van der Waals surface area contributed by atoms with Gasteiger partial charge in [0.2, 0.25) is 10.0 Å². The van der Waals surface area contributed by atoms with E-state index < -0.39 is 26.8 Å². The fourth-order valence-corrected chi connectivity index (χ4v) is 7.64. The molecule has 1 unspecified atom stereocenters. The average molecular weight is 587 g/mol. The minimum atomic E-state index is -4.15. The van der Waals surface area contributed by atoms with Crippen molar-refractivity contribution in [3.8, 4) is 0 Å². The van der Waals surface area contributed by atoms with Gasteiger partial charge in [-0.05, 0) is 49.0 Å². The summed E-state index contributed by atoms with van der Waals surface area (Å²) in [4.78, 5) is 29.3. The normalized spacial score (nSPS) is 19.4. The minimum absolute atomic E-state index is 0.155. The maximum absolute atomic E-state index is 13.7. The highest BCUT2D eigenvalue weighted by atomic mass is 32.2. The van der Waals surface area contributed by atoms with E-state index in [1.165, 1.54) is 18.2 Å². The lowest BCUT2D eigenvalue weighted by molar-refractivity contribution is 0.0681. The molecule has 1 aromatic heterocycles. The number of aromatic nitrogens is 2. The van der Waals surface area contributed by atoms with Crippen LogP contribution in [0.25, 0.3) is 0 Å². The second-order valence-corrected chi connectivity index (χ2v) is 13.2. The largest absolute Gasteiger partial charge is 0.476 e. The topological polar surface area (TPSA) is 130 Å². The van der Waals surface area contributed by atoms with Crippen LogP contribution in [-0.2, 0) is 27.7 Å². The molecule has 0 spiro atoms. The SMILES string of the molecule is CCCc1nc(SC)c(C(=O)O)n1Cc1ccc(C2(S(=O)(=O)NC(=O)NCC3CCCCC3)C=CC=CC2)cc1. The summed E-state index contributed by atoms with van der Waals surface area (Å²) in [6.45, 7) is 2.77. The molecule has 2 aromatic rings. The number of nitrogens with zero attached hydrogens (tertiary/aromatic N) is 2. The zero-order chi connectivity index (χ0) is 28.8. The standard InChI is InChI=1S/C29H38N4O5S2/c1-3-10-24-31-26(39-2)25(27(34)35)33(24)20-22-13-15-23(16-14-22)29(17-8-5-9-18-29)40(37,38)32-28(36)30-19-21-11-6-4-7-12-21/h5,8-9,13-17,21H,3-4,6-7,10-12,18-20H2,1-2H3,(H,34,35)(H2,30,32,36). The Kier molecular flexibility index (Phi) is 9.78. The number of urea groups is 1. The van der Waals surface area contributed by atoms with Crippen molar-refractivity contribution in [1.29, 1.82) is 0 Å². The van der Waals surface area contributed by atoms with Gasteiger partial charge in [0.15, 0.2) is 5.69 Å². The second-order valence-electron chi connectivity index (χ2n) is 10.4. The van der Waals surface area contributed by atoms with E-state index in [4.69, 9.17) is 0 Å². The Morgan fingerprint density at radius 1 is 1.15 bits per heavy atom. The number of hydrogen-bond donors (Lipinski definition) is 3. The van der Waals surface area contributed by atoms with Crippen molar-refractivity contribution in [1.82, 2.24) is 19.6 Å². The fraction of sp³-hybridized carbons (Fsp3) is 0.483. The smallest absolute Gasteiger partial charge is 0.355 e. The Morgan fingerprint density at radius 3 is 2.48 bits per heavy atom. The number of imidazole rings is 1. The molecule has 11 heteroatoms. The van der Waals surface area contributed by atoms with Crippen LogP contribution in [0.5, 0.6) is 0 Å². The molecule has 3 N–H and O–H groups in total. The number of hydrogen-bond acceptors (Lipinski definition) is 6. The maximum atomic E-state index is 13.7. The van der Waals surface area contributed by atoms with Crippen molar-refractivity contribution in [3.63, 3.8) is 0 Å². The lowest BCUT2D eigenvalue weighted by Gasteiger charge is -2.31. The van der Waals surface area contributed by atoms with E-state index in [9.17, 15) is 23.1 Å². The Bertz CT molecular complexity index is 1380. The second kappa shape index (κ2) is 13.1. The molecule has 0 bridgehead atoms. The van der Waals surface area contributed by atoms with E-state index in [0.29, 0.717) is 41.8 Å². The van der Waals surface area contributed by atoms with Crippen molar-refractivity contribution in [2.75, 3.05) is 12.8 Å². The molecule has 2 aliphatic carbocycles. The number of nitrogens with one attached hydrogen (secondary N) is 2. The maximum Gasteiger partial charge on any atom is 0.355 e. The third kappa shape index (κ3) is 6.46. The third-order valence-corrected chi connectivity index (χ3v) is 10.3. The van der Waals surface area contributed by atoms with Gasteiger partial charge in [0.1, 0.15) is 15.6 Å². The molecule has 1 saturated carbocycles. The summed E-state index contributed by atoms with van der Waals surface area (Å²) in [5.41, 5.74) is 1.49. The van der Waals surface area contributed by atoms with Gasteiger partial charge in [-0.1, -0.05) is 74.8 Å². The Morgan fingerprint density at radius 2 is 1.88 bits per heavy atom. The van der Waals surface area contributed by atoms with Gasteiger partial charge in [-0.15, -0.1) is 11.8 Å². The number of carboxylic acids is 1. The number of allylic oxidation sites excluding steroid dienone is 3. The fourth-order valence-electron chi connectivity index (χ4n) is 5.53. The first kappa shape index (κ1) is 29.9. The molecular formula is C29H38N4O5S2. The van der Waals surface area contributed by atoms with Crippen LogP contribution in [0.2, 0.25) is 0 Å². The molecule has 1 aromatic carbocycles. The number of amides is 2. The Balaban J connectivity index is 1.56. The van der Waals surface area contributed by atoms with Gasteiger partial charge in [0.05, 0.1) is 0 Å². The number of sulfonamides is 1. The van der Waals surface area contributed by atoms with E-state index in [1.807, 2.05) is 19.1 Å². The molecule has 0 saturated heterocycles. The monoisotopic (exact) mass is 586 g/mol. The molecule has 1 atom stereocenters. The number of rotatable bonds is 11. The molecule has 0 radical (unpaired) electrons. The molecule has 9 nitrogen and oxygen atoms in total. The molecule has 1 heterocycles. The lowest BCUT2D eigenvalue weighted by atomic mass is 9.89. The van der Waals surface area contributed by atoms with Crippen LogP contribution in [-0.4, -0.2) is 47.9 Å². The Hall–Kier alpha value is -3.05. The van der Waals surface area contributed by atoms with Gasteiger partial charge in [-0.2, -0.15) is 0 Å². The molecule has 2 amide bonds. The van der Waals surface area contributed by atoms with E-state index in [2.05, 4.69) is 15.0 Å². The van der Waals surface area contributed by atoms with Gasteiger partial charge in [0.25, 0.3) is 0 Å². The van der Waals surface area contributed by atoms with Crippen LogP contribution >= 0.6 is 11.8 Å². The minimum Gasteiger partial charge on any atom is -0.476 e. The van der Waals surface area contributed by atoms with Crippen molar-refractivity contribution in [2.45, 2.75) is 74.6 Å². The van der Waals surface area contributed by atoms with E-state index in [1.54, 1.807) is 47.3 Å². The highest BCUT2D eigenvalue weighted by Crippen LogP contribution is 2.38. The van der Waals surface area contributed by atoms with Gasteiger partial charge >= 0.3 is 12.0 Å². The highest BCUT2D eigenvalue weighted by molar-refractivity contribution is 7.98. The lowest BCUT2D eigenvalue weighted by Crippen LogP contribution is -2.49. The molecule has 40 heavy (non-hydrogen) atoms. The number of aryl methyl sites for hydroxylation is 1. The number of aromatic carboxylic acids is 1. The van der Waals surface area contributed by atoms with Gasteiger partial charge in [0, 0.05) is 19.5 Å². The number of benzene rings is 1. The molecule has 4 rings (SSSR count). The average Bonchev–Trinajstić information content (AvgIpc) is 3.30. The first-order valence-electron chi connectivity index (χ1n) is 13.8. The van der Waals surface area contributed by atoms with E-state index in [0.717, 1.165) is 37.7 Å². The summed E-state index contributed by atoms with van der Waals surface area (Å²) in [7, 11) is -4.15. The highest BCUT2D eigenvalue weighted by Gasteiger charge is 2.44. The van der Waals surface area contributed by atoms with Crippen molar-refractivity contribution < 1.29 is 23.1 Å². The van der Waals surface area contributed by atoms with Crippen LogP contribution < -0.4 is 10.0 Å². The van der Waals surface area contributed by atoms with Crippen LogP contribution in [0, 0.1) is 5.92 Å². The number of thioether (sulfide) groups is 1. The van der Waals surface area contributed by atoms with Crippen molar-refractivity contribution >= 4 is 33.8 Å². The van der Waals surface area contributed by atoms with Crippen LogP contribution in [0.4, 0.5) is 4.79 Å². The predicted octanol–water partition coefficient (Wildman–Crippen LogP) is 5.22. The summed E-state index contributed by atoms with van der Waals surface area (Å²) in [6, 6.07) is 6.39. The van der Waals surface area contributed by atoms with Crippen LogP contribution in [0.15, 0.2) is 53.6 Å². The summed E-state index contributed by atoms with van der Waals surface area (Å²) in [5, 5.41) is 13.1. The van der Waals surface area contributed by atoms with Crippen molar-refractivity contribution in [2.24, 2.45) is 5.92 Å². The number of carbonyl (C=O) groups excluding carboxylic acids is 1. The molecule has 0 aliphatic heterocycles. The van der Waals surface area contributed by atoms with E-state index in [-0.39, 0.29) is 12.1 Å². The summed E-state index contributed by atoms with van der Waals surface area (Å²) >= 11 is 1.30. The summed E-state index contributed by atoms with van der Waals surface area (Å²) in [6.07, 6.45) is 15.9. The Labute approximate surface area is 240 Å². The van der Waals surface area contributed by atoms with Crippen LogP contribution in [0.3, 0.4) is 0 Å². The first-order chi connectivity index (χ1) is 19.2. The quantitative estimate of drug-likeness (QED) is 0.308. The summed E-state index contributed by atoms with van der Waals surface area (Å²) in [5.74, 6) is 0.0483. The number of carboxylic acid groups (broad SMARTS) is 1. The molecule has 216 valence electrons.